The number of amides is 2. The number of methoxy groups -OCH3 is 1. The van der Waals surface area contributed by atoms with E-state index in [1.54, 1.807) is 0 Å². The number of unbranched alkanes of at least 4 members (excludes halogenated alkanes) is 1. The molecule has 0 saturated carbocycles. The number of hydrogen-bond donors (Lipinski definition) is 7. The average molecular weight is 493 g/mol. The van der Waals surface area contributed by atoms with Crippen molar-refractivity contribution in [3.05, 3.63) is 0 Å². The molecule has 0 aromatic heterocycles. The molecule has 13 heteroatoms. The Hall–Kier alpha value is -1.87. The Kier molecular flexibility index (Phi) is 12.9. The van der Waals surface area contributed by atoms with Crippen LogP contribution in [0.2, 0.25) is 0 Å². The predicted octanol–water partition coefficient (Wildman–Crippen LogP) is -2.64. The molecule has 0 spiro atoms. The fourth-order valence-corrected chi connectivity index (χ4v) is 3.70. The zero-order chi connectivity index (χ0) is 25.9. The van der Waals surface area contributed by atoms with Crippen LogP contribution in [0, 0.1) is 0 Å². The minimum absolute atomic E-state index is 0.0834. The first-order valence-corrected chi connectivity index (χ1v) is 11.4. The van der Waals surface area contributed by atoms with Crippen molar-refractivity contribution in [1.29, 1.82) is 0 Å². The van der Waals surface area contributed by atoms with Gasteiger partial charge in [-0.15, -0.1) is 0 Å². The second-order valence-electron chi connectivity index (χ2n) is 8.55. The molecule has 1 aliphatic heterocycles. The summed E-state index contributed by atoms with van der Waals surface area (Å²) in [5.41, 5.74) is 5.97. The fourth-order valence-electron chi connectivity index (χ4n) is 3.70. The summed E-state index contributed by atoms with van der Waals surface area (Å²) in [5, 5.41) is 43.3. The lowest BCUT2D eigenvalue weighted by Gasteiger charge is -2.44. The fraction of sp³-hybridized carbons (Fsp3) is 0.857. The van der Waals surface area contributed by atoms with Crippen LogP contribution in [0.4, 0.5) is 0 Å². The number of aliphatic carboxylic acids is 1. The van der Waals surface area contributed by atoms with Crippen molar-refractivity contribution in [3.8, 4) is 0 Å². The van der Waals surface area contributed by atoms with Gasteiger partial charge in [0.2, 0.25) is 11.8 Å². The van der Waals surface area contributed by atoms with Crippen LogP contribution >= 0.6 is 0 Å². The summed E-state index contributed by atoms with van der Waals surface area (Å²) in [4.78, 5) is 36.1. The maximum atomic E-state index is 12.4. The summed E-state index contributed by atoms with van der Waals surface area (Å²) < 4.78 is 11.1. The Morgan fingerprint density at radius 3 is 2.53 bits per heavy atom. The maximum absolute atomic E-state index is 12.4. The van der Waals surface area contributed by atoms with Crippen molar-refractivity contribution in [3.63, 3.8) is 0 Å². The summed E-state index contributed by atoms with van der Waals surface area (Å²) in [6, 6.07) is -1.63. The highest BCUT2D eigenvalue weighted by Crippen LogP contribution is 2.32. The zero-order valence-corrected chi connectivity index (χ0v) is 20.1. The molecule has 1 heterocycles. The first kappa shape index (κ1) is 30.2. The first-order chi connectivity index (χ1) is 16.0. The van der Waals surface area contributed by atoms with Crippen LogP contribution in [0.3, 0.4) is 0 Å². The largest absolute Gasteiger partial charge is 0.480 e. The molecule has 1 fully saturated rings. The molecule has 1 rings (SSSR count). The highest BCUT2D eigenvalue weighted by Gasteiger charge is 2.46. The van der Waals surface area contributed by atoms with Gasteiger partial charge in [-0.05, 0) is 26.3 Å². The zero-order valence-electron chi connectivity index (χ0n) is 20.1. The third-order valence-corrected chi connectivity index (χ3v) is 6.05. The molecule has 198 valence electrons. The van der Waals surface area contributed by atoms with Gasteiger partial charge >= 0.3 is 5.97 Å². The van der Waals surface area contributed by atoms with Crippen LogP contribution in [-0.4, -0.2) is 120 Å². The van der Waals surface area contributed by atoms with Gasteiger partial charge in [-0.25, -0.2) is 0 Å². The Morgan fingerprint density at radius 2 is 1.94 bits per heavy atom. The average Bonchev–Trinajstić information content (AvgIpc) is 2.82. The number of aliphatic hydroxyl groups excluding tert-OH is 3. The van der Waals surface area contributed by atoms with Crippen molar-refractivity contribution >= 4 is 17.8 Å². The van der Waals surface area contributed by atoms with Crippen molar-refractivity contribution < 1.29 is 44.3 Å². The van der Waals surface area contributed by atoms with Crippen LogP contribution in [0.1, 0.15) is 39.0 Å². The molecule has 0 aromatic rings. The summed E-state index contributed by atoms with van der Waals surface area (Å²) in [6.45, 7) is 1.69. The molecule has 34 heavy (non-hydrogen) atoms. The van der Waals surface area contributed by atoms with Crippen LogP contribution < -0.4 is 16.4 Å². The number of aliphatic hydroxyl groups is 3. The number of carboxylic acid groups (broad SMARTS) is 1. The van der Waals surface area contributed by atoms with Gasteiger partial charge in [0, 0.05) is 33.5 Å². The number of nitrogens with zero attached hydrogens (tertiary/aromatic N) is 1. The SMILES string of the molecule is CO[C@]1(CCNCCCCC(N)C(=O)N(C)C(C)C(=O)NCC(=O)O)CC(O)[C@@H](O)C(CO)O1. The monoisotopic (exact) mass is 492 g/mol. The van der Waals surface area contributed by atoms with E-state index in [1.807, 2.05) is 0 Å². The Balaban J connectivity index is 2.31. The number of hydrogen-bond acceptors (Lipinski definition) is 10. The Bertz CT molecular complexity index is 668. The van der Waals surface area contributed by atoms with Gasteiger partial charge in [0.15, 0.2) is 5.79 Å². The molecule has 13 nitrogen and oxygen atoms in total. The van der Waals surface area contributed by atoms with Gasteiger partial charge in [-0.2, -0.15) is 0 Å². The molecule has 1 saturated heterocycles. The molecule has 0 bridgehead atoms. The van der Waals surface area contributed by atoms with Gasteiger partial charge < -0.3 is 51.2 Å². The number of carbonyl (C=O) groups is 3. The quantitative estimate of drug-likeness (QED) is 0.118. The molecule has 6 atom stereocenters. The predicted molar refractivity (Wildman–Crippen MR) is 121 cm³/mol. The van der Waals surface area contributed by atoms with E-state index in [2.05, 4.69) is 10.6 Å². The lowest BCUT2D eigenvalue weighted by molar-refractivity contribution is -0.316. The van der Waals surface area contributed by atoms with E-state index in [4.69, 9.17) is 20.3 Å². The second kappa shape index (κ2) is 14.5. The molecule has 0 aromatic carbocycles. The van der Waals surface area contributed by atoms with Crippen molar-refractivity contribution in [2.75, 3.05) is 40.4 Å². The van der Waals surface area contributed by atoms with Crippen molar-refractivity contribution in [1.82, 2.24) is 15.5 Å². The lowest BCUT2D eigenvalue weighted by atomic mass is 9.93. The minimum Gasteiger partial charge on any atom is -0.480 e. The Morgan fingerprint density at radius 1 is 1.26 bits per heavy atom. The number of ether oxygens (including phenoxy) is 2. The smallest absolute Gasteiger partial charge is 0.322 e. The molecular weight excluding hydrogens is 452 g/mol. The third-order valence-electron chi connectivity index (χ3n) is 6.05. The second-order valence-corrected chi connectivity index (χ2v) is 8.55. The van der Waals surface area contributed by atoms with Crippen LogP contribution in [0.25, 0.3) is 0 Å². The number of likely N-dealkylation sites (N-methyl/N-ethyl adjacent to an activating group) is 1. The van der Waals surface area contributed by atoms with E-state index in [0.29, 0.717) is 32.4 Å². The van der Waals surface area contributed by atoms with Crippen LogP contribution in [-0.2, 0) is 23.9 Å². The van der Waals surface area contributed by atoms with Crippen LogP contribution in [0.5, 0.6) is 0 Å². The number of carbonyl (C=O) groups excluding carboxylic acids is 2. The third kappa shape index (κ3) is 9.06. The van der Waals surface area contributed by atoms with Gasteiger partial charge in [0.1, 0.15) is 24.8 Å². The van der Waals surface area contributed by atoms with E-state index >= 15 is 0 Å². The minimum atomic E-state index is -1.17. The highest BCUT2D eigenvalue weighted by atomic mass is 16.7. The number of nitrogens with two attached hydrogens (primary N) is 1. The molecule has 8 N–H and O–H groups in total. The van der Waals surface area contributed by atoms with E-state index in [1.165, 1.54) is 26.0 Å². The summed E-state index contributed by atoms with van der Waals surface area (Å²) in [6.07, 6.45) is -0.858. The van der Waals surface area contributed by atoms with E-state index in [-0.39, 0.29) is 6.42 Å². The normalized spacial score (nSPS) is 26.5. The topological polar surface area (TPSA) is 204 Å². The molecule has 0 radical (unpaired) electrons. The lowest BCUT2D eigenvalue weighted by Crippen LogP contribution is -2.57. The van der Waals surface area contributed by atoms with E-state index in [9.17, 15) is 29.7 Å². The molecular formula is C21H40N4O9. The molecule has 1 aliphatic rings. The molecule has 2 amide bonds. The standard InChI is InChI=1S/C21H40N4O9/c1-13(19(31)24-11-17(28)29)25(2)20(32)14(22)6-4-5-8-23-9-7-21(33-3)10-15(27)18(30)16(12-26)34-21/h13-16,18,23,26-27,30H,4-12,22H2,1-3H3,(H,24,31)(H,28,29)/t13?,14?,15?,16?,18-,21+/m1/s1. The number of rotatable bonds is 15. The van der Waals surface area contributed by atoms with E-state index in [0.717, 1.165) is 6.42 Å². The van der Waals surface area contributed by atoms with Gasteiger partial charge in [-0.3, -0.25) is 14.4 Å². The Labute approximate surface area is 199 Å². The summed E-state index contributed by atoms with van der Waals surface area (Å²) >= 11 is 0. The van der Waals surface area contributed by atoms with E-state index < -0.39 is 67.1 Å². The molecule has 0 aliphatic carbocycles. The number of carboxylic acids is 1. The van der Waals surface area contributed by atoms with Gasteiger partial charge in [0.25, 0.3) is 0 Å². The summed E-state index contributed by atoms with van der Waals surface area (Å²) in [7, 11) is 2.90. The highest BCUT2D eigenvalue weighted by molar-refractivity contribution is 5.90. The molecule has 4 unspecified atom stereocenters. The van der Waals surface area contributed by atoms with Crippen molar-refractivity contribution in [2.24, 2.45) is 5.73 Å². The maximum Gasteiger partial charge on any atom is 0.322 e. The first-order valence-electron chi connectivity index (χ1n) is 11.4. The van der Waals surface area contributed by atoms with Gasteiger partial charge in [0.05, 0.1) is 18.8 Å². The van der Waals surface area contributed by atoms with Gasteiger partial charge in [-0.1, -0.05) is 6.42 Å². The van der Waals surface area contributed by atoms with Crippen molar-refractivity contribution in [2.45, 2.75) is 75.2 Å². The summed E-state index contributed by atoms with van der Waals surface area (Å²) in [5.74, 6) is -3.25. The number of nitrogens with one attached hydrogen (secondary N) is 2. The van der Waals surface area contributed by atoms with Crippen LogP contribution in [0.15, 0.2) is 0 Å².